The largest absolute Gasteiger partial charge is 0.297 e. The van der Waals surface area contributed by atoms with Gasteiger partial charge in [0.1, 0.15) is 5.52 Å². The number of thiophene rings is 1. The molecule has 0 aliphatic heterocycles. The van der Waals surface area contributed by atoms with E-state index in [9.17, 15) is 4.79 Å². The number of nitrogens with zero attached hydrogens (tertiary/aromatic N) is 1. The van der Waals surface area contributed by atoms with Crippen molar-refractivity contribution in [3.8, 4) is 0 Å². The molecule has 8 heteroatoms. The maximum absolute atomic E-state index is 12.0. The molecule has 0 saturated carbocycles. The van der Waals surface area contributed by atoms with Crippen LogP contribution in [0.25, 0.3) is 10.2 Å². The Kier molecular flexibility index (Phi) is 3.88. The lowest BCUT2D eigenvalue weighted by molar-refractivity contribution is 0.103. The Hall–Kier alpha value is -0.850. The van der Waals surface area contributed by atoms with E-state index in [0.29, 0.717) is 29.9 Å². The zero-order chi connectivity index (χ0) is 14.3. The van der Waals surface area contributed by atoms with Crippen LogP contribution >= 0.6 is 57.5 Å². The first-order valence-electron chi connectivity index (χ1n) is 5.35. The van der Waals surface area contributed by atoms with Crippen LogP contribution in [0.1, 0.15) is 9.67 Å². The van der Waals surface area contributed by atoms with E-state index in [1.165, 1.54) is 22.7 Å². The molecule has 2 heterocycles. The van der Waals surface area contributed by atoms with Gasteiger partial charge in [-0.3, -0.25) is 10.1 Å². The van der Waals surface area contributed by atoms with Crippen LogP contribution in [-0.2, 0) is 0 Å². The quantitative estimate of drug-likeness (QED) is 0.646. The summed E-state index contributed by atoms with van der Waals surface area (Å²) in [5.41, 5.74) is 0.626. The summed E-state index contributed by atoms with van der Waals surface area (Å²) in [6.45, 7) is 0. The number of carbonyl (C=O) groups excluding carboxylic acids is 1. The van der Waals surface area contributed by atoms with E-state index in [2.05, 4.69) is 10.3 Å². The van der Waals surface area contributed by atoms with Crippen molar-refractivity contribution in [3.63, 3.8) is 0 Å². The van der Waals surface area contributed by atoms with Gasteiger partial charge in [0.2, 0.25) is 0 Å². The molecule has 1 aromatic carbocycles. The molecule has 0 unspecified atom stereocenters. The molecular weight excluding hydrogens is 359 g/mol. The Morgan fingerprint density at radius 3 is 2.65 bits per heavy atom. The third-order valence-electron chi connectivity index (χ3n) is 2.43. The fraction of sp³-hybridized carbons (Fsp3) is 0. The van der Waals surface area contributed by atoms with Crippen LogP contribution < -0.4 is 5.32 Å². The lowest BCUT2D eigenvalue weighted by Gasteiger charge is -1.97. The van der Waals surface area contributed by atoms with Crippen LogP contribution in [0.4, 0.5) is 5.13 Å². The van der Waals surface area contributed by atoms with Gasteiger partial charge < -0.3 is 0 Å². The first-order chi connectivity index (χ1) is 9.52. The number of benzene rings is 1. The van der Waals surface area contributed by atoms with Crippen LogP contribution in [-0.4, -0.2) is 10.9 Å². The van der Waals surface area contributed by atoms with Gasteiger partial charge in [0.25, 0.3) is 5.91 Å². The molecule has 0 radical (unpaired) electrons. The lowest BCUT2D eigenvalue weighted by atomic mass is 10.3. The standard InChI is InChI=1S/C12H5Cl3N2OS2/c13-5-3-6(14)10-8(4-5)20-12(16-10)17-11(18)7-1-2-9(15)19-7/h1-4H,(H,16,17,18). The smallest absolute Gasteiger partial charge is 0.267 e. The van der Waals surface area contributed by atoms with Crippen LogP contribution in [0.5, 0.6) is 0 Å². The minimum absolute atomic E-state index is 0.247. The third kappa shape index (κ3) is 2.77. The van der Waals surface area contributed by atoms with Gasteiger partial charge in [0.05, 0.1) is 18.9 Å². The number of rotatable bonds is 2. The van der Waals surface area contributed by atoms with Gasteiger partial charge >= 0.3 is 0 Å². The summed E-state index contributed by atoms with van der Waals surface area (Å²) < 4.78 is 1.39. The van der Waals surface area contributed by atoms with E-state index in [4.69, 9.17) is 34.8 Å². The molecule has 3 aromatic rings. The van der Waals surface area contributed by atoms with Gasteiger partial charge in [-0.25, -0.2) is 4.98 Å². The molecule has 20 heavy (non-hydrogen) atoms. The Bertz CT molecular complexity index is 812. The minimum Gasteiger partial charge on any atom is -0.297 e. The number of aromatic nitrogens is 1. The second kappa shape index (κ2) is 5.50. The molecule has 0 fully saturated rings. The number of carbonyl (C=O) groups is 1. The Labute approximate surface area is 137 Å². The molecule has 3 nitrogen and oxygen atoms in total. The summed E-state index contributed by atoms with van der Waals surface area (Å²) in [5.74, 6) is -0.247. The molecule has 0 saturated heterocycles. The van der Waals surface area contributed by atoms with Gasteiger partial charge in [-0.1, -0.05) is 46.1 Å². The highest BCUT2D eigenvalue weighted by atomic mass is 35.5. The topological polar surface area (TPSA) is 42.0 Å². The highest BCUT2D eigenvalue weighted by Crippen LogP contribution is 2.34. The van der Waals surface area contributed by atoms with Gasteiger partial charge in [0, 0.05) is 5.02 Å². The van der Waals surface area contributed by atoms with Crippen molar-refractivity contribution in [1.29, 1.82) is 0 Å². The summed E-state index contributed by atoms with van der Waals surface area (Å²) in [4.78, 5) is 16.8. The van der Waals surface area contributed by atoms with Crippen LogP contribution in [0.3, 0.4) is 0 Å². The number of nitrogens with one attached hydrogen (secondary N) is 1. The van der Waals surface area contributed by atoms with Gasteiger partial charge in [-0.2, -0.15) is 0 Å². The predicted molar refractivity (Wildman–Crippen MR) is 86.9 cm³/mol. The van der Waals surface area contributed by atoms with Crippen molar-refractivity contribution in [1.82, 2.24) is 4.98 Å². The first-order valence-corrected chi connectivity index (χ1v) is 8.12. The molecule has 0 spiro atoms. The normalized spacial score (nSPS) is 10.9. The number of anilines is 1. The van der Waals surface area contributed by atoms with Gasteiger partial charge in [-0.15, -0.1) is 11.3 Å². The maximum Gasteiger partial charge on any atom is 0.267 e. The number of amides is 1. The van der Waals surface area contributed by atoms with E-state index in [-0.39, 0.29) is 5.91 Å². The van der Waals surface area contributed by atoms with Gasteiger partial charge in [-0.05, 0) is 24.3 Å². The SMILES string of the molecule is O=C(Nc1nc2c(Cl)cc(Cl)cc2s1)c1ccc(Cl)s1. The summed E-state index contributed by atoms with van der Waals surface area (Å²) >= 11 is 20.3. The molecule has 1 N–H and O–H groups in total. The number of hydrogen-bond acceptors (Lipinski definition) is 4. The van der Waals surface area contributed by atoms with E-state index in [1.807, 2.05) is 0 Å². The van der Waals surface area contributed by atoms with E-state index in [1.54, 1.807) is 24.3 Å². The van der Waals surface area contributed by atoms with Crippen molar-refractivity contribution in [2.75, 3.05) is 5.32 Å². The Morgan fingerprint density at radius 2 is 1.95 bits per heavy atom. The summed E-state index contributed by atoms with van der Waals surface area (Å²) in [6.07, 6.45) is 0. The third-order valence-corrected chi connectivity index (χ3v) is 5.08. The summed E-state index contributed by atoms with van der Waals surface area (Å²) in [7, 11) is 0. The fourth-order valence-corrected chi connectivity index (χ4v) is 4.13. The van der Waals surface area contributed by atoms with Crippen LogP contribution in [0.15, 0.2) is 24.3 Å². The van der Waals surface area contributed by atoms with Gasteiger partial charge in [0.15, 0.2) is 5.13 Å². The number of fused-ring (bicyclic) bond motifs is 1. The van der Waals surface area contributed by atoms with Crippen LogP contribution in [0.2, 0.25) is 14.4 Å². The maximum atomic E-state index is 12.0. The average Bonchev–Trinajstić information content (AvgIpc) is 2.95. The van der Waals surface area contributed by atoms with Crippen molar-refractivity contribution in [2.24, 2.45) is 0 Å². The van der Waals surface area contributed by atoms with Crippen molar-refractivity contribution in [2.45, 2.75) is 0 Å². The number of thiazole rings is 1. The van der Waals surface area contributed by atoms with E-state index in [0.717, 1.165) is 4.70 Å². The average molecular weight is 364 g/mol. The zero-order valence-corrected chi connectivity index (χ0v) is 13.5. The molecule has 0 bridgehead atoms. The molecular formula is C12H5Cl3N2OS2. The van der Waals surface area contributed by atoms with Crippen LogP contribution in [0, 0.1) is 0 Å². The second-order valence-electron chi connectivity index (χ2n) is 3.81. The molecule has 1 amide bonds. The Balaban J connectivity index is 1.91. The molecule has 0 aliphatic carbocycles. The molecule has 0 atom stereocenters. The number of hydrogen-bond donors (Lipinski definition) is 1. The Morgan fingerprint density at radius 1 is 1.15 bits per heavy atom. The second-order valence-corrected chi connectivity index (χ2v) is 7.40. The molecule has 102 valence electrons. The zero-order valence-electron chi connectivity index (χ0n) is 9.62. The monoisotopic (exact) mass is 362 g/mol. The highest BCUT2D eigenvalue weighted by molar-refractivity contribution is 7.22. The number of halogens is 3. The predicted octanol–water partition coefficient (Wildman–Crippen LogP) is 5.57. The van der Waals surface area contributed by atoms with Crippen molar-refractivity contribution >= 4 is 78.7 Å². The fourth-order valence-electron chi connectivity index (χ4n) is 1.61. The molecule has 0 aliphatic rings. The van der Waals surface area contributed by atoms with E-state index < -0.39 is 0 Å². The summed E-state index contributed by atoms with van der Waals surface area (Å²) in [5, 5.41) is 4.19. The first kappa shape index (κ1) is 14.1. The van der Waals surface area contributed by atoms with Crippen molar-refractivity contribution < 1.29 is 4.79 Å². The minimum atomic E-state index is -0.247. The highest BCUT2D eigenvalue weighted by Gasteiger charge is 2.13. The summed E-state index contributed by atoms with van der Waals surface area (Å²) in [6, 6.07) is 6.73. The lowest BCUT2D eigenvalue weighted by Crippen LogP contribution is -2.09. The molecule has 3 rings (SSSR count). The van der Waals surface area contributed by atoms with Crippen molar-refractivity contribution in [3.05, 3.63) is 43.5 Å². The van der Waals surface area contributed by atoms with E-state index >= 15 is 0 Å². The molecule has 2 aromatic heterocycles.